The summed E-state index contributed by atoms with van der Waals surface area (Å²) < 4.78 is 0. The predicted molar refractivity (Wildman–Crippen MR) is 79.4 cm³/mol. The minimum atomic E-state index is 0.327. The van der Waals surface area contributed by atoms with E-state index >= 15 is 0 Å². The van der Waals surface area contributed by atoms with Crippen molar-refractivity contribution in [2.24, 2.45) is 17.6 Å². The minimum Gasteiger partial charge on any atom is -0.393 e. The van der Waals surface area contributed by atoms with E-state index in [1.54, 1.807) is 0 Å². The number of hydrogen-bond acceptors (Lipinski definition) is 2. The van der Waals surface area contributed by atoms with Crippen LogP contribution in [0.25, 0.3) is 0 Å². The van der Waals surface area contributed by atoms with E-state index in [2.05, 4.69) is 13.8 Å². The summed E-state index contributed by atoms with van der Waals surface area (Å²) in [5.41, 5.74) is 5.47. The van der Waals surface area contributed by atoms with Crippen molar-refractivity contribution in [3.63, 3.8) is 0 Å². The van der Waals surface area contributed by atoms with Gasteiger partial charge in [-0.1, -0.05) is 26.1 Å². The second-order valence-corrected chi connectivity index (χ2v) is 6.16. The average Bonchev–Trinajstić information content (AvgIpc) is 2.47. The zero-order valence-electron chi connectivity index (χ0n) is 11.7. The quantitative estimate of drug-likeness (QED) is 0.596. The van der Waals surface area contributed by atoms with Gasteiger partial charge in [0.25, 0.3) is 0 Å². The summed E-state index contributed by atoms with van der Waals surface area (Å²) in [6.45, 7) is 6.31. The van der Waals surface area contributed by atoms with Crippen molar-refractivity contribution in [1.82, 2.24) is 4.90 Å². The fourth-order valence-electron chi connectivity index (χ4n) is 2.56. The Balaban J connectivity index is 2.32. The summed E-state index contributed by atoms with van der Waals surface area (Å²) in [4.78, 5) is 14.6. The van der Waals surface area contributed by atoms with Crippen molar-refractivity contribution >= 4 is 23.1 Å². The molecular weight excluding hydrogens is 244 g/mol. The van der Waals surface area contributed by atoms with Crippen LogP contribution < -0.4 is 5.73 Å². The van der Waals surface area contributed by atoms with E-state index in [9.17, 15) is 4.79 Å². The largest absolute Gasteiger partial charge is 0.393 e. The molecule has 0 spiro atoms. The summed E-state index contributed by atoms with van der Waals surface area (Å²) in [6.07, 6.45) is 5.73. The third-order valence-corrected chi connectivity index (χ3v) is 4.10. The first kappa shape index (κ1) is 15.4. The van der Waals surface area contributed by atoms with Gasteiger partial charge in [0.1, 0.15) is 0 Å². The Hall–Kier alpha value is -0.640. The van der Waals surface area contributed by atoms with Gasteiger partial charge in [-0.05, 0) is 43.9 Å². The smallest absolute Gasteiger partial charge is 0.222 e. The molecule has 0 aliphatic carbocycles. The van der Waals surface area contributed by atoms with Crippen LogP contribution in [0.1, 0.15) is 52.4 Å². The molecular formula is C14H26N2OS. The van der Waals surface area contributed by atoms with Crippen molar-refractivity contribution < 1.29 is 4.79 Å². The molecule has 1 rings (SSSR count). The van der Waals surface area contributed by atoms with Crippen molar-refractivity contribution in [1.29, 1.82) is 0 Å². The molecule has 0 bridgehead atoms. The Morgan fingerprint density at radius 2 is 2.17 bits per heavy atom. The number of carbonyl (C=O) groups is 1. The fraction of sp³-hybridized carbons (Fsp3) is 0.857. The number of thiocarbonyl (C=S) groups is 1. The van der Waals surface area contributed by atoms with Crippen LogP contribution in [-0.4, -0.2) is 28.9 Å². The average molecular weight is 270 g/mol. The highest BCUT2D eigenvalue weighted by Crippen LogP contribution is 2.25. The van der Waals surface area contributed by atoms with Gasteiger partial charge in [-0.2, -0.15) is 0 Å². The highest BCUT2D eigenvalue weighted by molar-refractivity contribution is 7.80. The van der Waals surface area contributed by atoms with Crippen LogP contribution in [-0.2, 0) is 4.79 Å². The van der Waals surface area contributed by atoms with Crippen molar-refractivity contribution in [2.75, 3.05) is 13.1 Å². The van der Waals surface area contributed by atoms with Crippen LogP contribution >= 0.6 is 12.2 Å². The number of likely N-dealkylation sites (tertiary alicyclic amines) is 1. The number of carbonyl (C=O) groups excluding carboxylic acids is 1. The lowest BCUT2D eigenvalue weighted by atomic mass is 9.89. The standard InChI is InChI=1S/C14H26N2OS/c1-11(2)12-6-7-14(17)16(10-8-12)9-4-3-5-13(15)18/h11-12H,3-10H2,1-2H3,(H2,15,18). The summed E-state index contributed by atoms with van der Waals surface area (Å²) in [5.74, 6) is 1.72. The molecule has 104 valence electrons. The third-order valence-electron chi connectivity index (χ3n) is 3.90. The Bertz CT molecular complexity index is 292. The Labute approximate surface area is 116 Å². The van der Waals surface area contributed by atoms with E-state index < -0.39 is 0 Å². The Morgan fingerprint density at radius 3 is 2.78 bits per heavy atom. The maximum Gasteiger partial charge on any atom is 0.222 e. The molecule has 3 nitrogen and oxygen atoms in total. The second-order valence-electron chi connectivity index (χ2n) is 5.64. The molecule has 0 aromatic heterocycles. The number of rotatable bonds is 6. The maximum absolute atomic E-state index is 12.0. The highest BCUT2D eigenvalue weighted by Gasteiger charge is 2.23. The van der Waals surface area contributed by atoms with Crippen LogP contribution in [0, 0.1) is 11.8 Å². The van der Waals surface area contributed by atoms with Crippen LogP contribution in [0.2, 0.25) is 0 Å². The first-order valence-corrected chi connectivity index (χ1v) is 7.47. The van der Waals surface area contributed by atoms with Crippen molar-refractivity contribution in [3.8, 4) is 0 Å². The Morgan fingerprint density at radius 1 is 1.44 bits per heavy atom. The molecule has 0 aromatic rings. The van der Waals surface area contributed by atoms with Gasteiger partial charge < -0.3 is 10.6 Å². The van der Waals surface area contributed by atoms with Crippen LogP contribution in [0.15, 0.2) is 0 Å². The lowest BCUT2D eigenvalue weighted by Crippen LogP contribution is -2.31. The molecule has 18 heavy (non-hydrogen) atoms. The van der Waals surface area contributed by atoms with Gasteiger partial charge in [0, 0.05) is 19.5 Å². The molecule has 1 saturated heterocycles. The van der Waals surface area contributed by atoms with E-state index in [1.165, 1.54) is 0 Å². The fourth-order valence-corrected chi connectivity index (χ4v) is 2.71. The molecule has 1 aliphatic rings. The van der Waals surface area contributed by atoms with Gasteiger partial charge in [0.05, 0.1) is 4.99 Å². The van der Waals surface area contributed by atoms with Gasteiger partial charge in [-0.3, -0.25) is 4.79 Å². The summed E-state index contributed by atoms with van der Waals surface area (Å²) in [6, 6.07) is 0. The van der Waals surface area contributed by atoms with Gasteiger partial charge >= 0.3 is 0 Å². The SMILES string of the molecule is CC(C)C1CCC(=O)N(CCCCC(N)=S)CC1. The molecule has 1 heterocycles. The second kappa shape index (κ2) is 7.72. The molecule has 1 atom stereocenters. The summed E-state index contributed by atoms with van der Waals surface area (Å²) >= 11 is 4.85. The number of nitrogens with two attached hydrogens (primary N) is 1. The molecule has 1 amide bonds. The lowest BCUT2D eigenvalue weighted by Gasteiger charge is -2.21. The van der Waals surface area contributed by atoms with E-state index in [1.807, 2.05) is 4.90 Å². The molecule has 0 aromatic carbocycles. The number of hydrogen-bond donors (Lipinski definition) is 1. The number of amides is 1. The van der Waals surface area contributed by atoms with Crippen molar-refractivity contribution in [3.05, 3.63) is 0 Å². The molecule has 0 saturated carbocycles. The van der Waals surface area contributed by atoms with Crippen LogP contribution in [0.3, 0.4) is 0 Å². The van der Waals surface area contributed by atoms with E-state index in [4.69, 9.17) is 18.0 Å². The summed E-state index contributed by atoms with van der Waals surface area (Å²) in [7, 11) is 0. The molecule has 2 N–H and O–H groups in total. The minimum absolute atomic E-state index is 0.327. The molecule has 1 fully saturated rings. The third kappa shape index (κ3) is 5.34. The lowest BCUT2D eigenvalue weighted by molar-refractivity contribution is -0.130. The molecule has 0 radical (unpaired) electrons. The number of unbranched alkanes of at least 4 members (excludes halogenated alkanes) is 1. The van der Waals surface area contributed by atoms with Gasteiger partial charge in [0.2, 0.25) is 5.91 Å². The van der Waals surface area contributed by atoms with Crippen LogP contribution in [0.4, 0.5) is 0 Å². The first-order valence-electron chi connectivity index (χ1n) is 7.06. The van der Waals surface area contributed by atoms with Crippen LogP contribution in [0.5, 0.6) is 0 Å². The zero-order chi connectivity index (χ0) is 13.5. The molecule has 1 unspecified atom stereocenters. The van der Waals surface area contributed by atoms with E-state index in [0.717, 1.165) is 51.6 Å². The molecule has 4 heteroatoms. The van der Waals surface area contributed by atoms with Gasteiger partial charge in [-0.15, -0.1) is 0 Å². The highest BCUT2D eigenvalue weighted by atomic mass is 32.1. The number of nitrogens with zero attached hydrogens (tertiary/aromatic N) is 1. The van der Waals surface area contributed by atoms with E-state index in [-0.39, 0.29) is 0 Å². The molecule has 1 aliphatic heterocycles. The first-order chi connectivity index (χ1) is 8.50. The summed E-state index contributed by atoms with van der Waals surface area (Å²) in [5, 5.41) is 0. The predicted octanol–water partition coefficient (Wildman–Crippen LogP) is 2.73. The normalized spacial score (nSPS) is 21.2. The monoisotopic (exact) mass is 270 g/mol. The Kier molecular flexibility index (Phi) is 6.61. The maximum atomic E-state index is 12.0. The topological polar surface area (TPSA) is 46.3 Å². The zero-order valence-corrected chi connectivity index (χ0v) is 12.5. The van der Waals surface area contributed by atoms with E-state index in [0.29, 0.717) is 22.7 Å². The van der Waals surface area contributed by atoms with Gasteiger partial charge in [-0.25, -0.2) is 0 Å². The van der Waals surface area contributed by atoms with Crippen molar-refractivity contribution in [2.45, 2.75) is 52.4 Å². The van der Waals surface area contributed by atoms with Gasteiger partial charge in [0.15, 0.2) is 0 Å².